The van der Waals surface area contributed by atoms with Gasteiger partial charge in [-0.25, -0.2) is 4.79 Å². The molecule has 0 aromatic heterocycles. The van der Waals surface area contributed by atoms with Crippen LogP contribution in [0.15, 0.2) is 12.2 Å². The molecule has 0 aliphatic heterocycles. The fourth-order valence-electron chi connectivity index (χ4n) is 0.858. The van der Waals surface area contributed by atoms with E-state index in [4.69, 9.17) is 0 Å². The Labute approximate surface area is 81.4 Å². The minimum Gasteiger partial charge on any atom is -0.461 e. The highest BCUT2D eigenvalue weighted by atomic mass is 19.3. The second-order valence-corrected chi connectivity index (χ2v) is 2.94. The van der Waals surface area contributed by atoms with Gasteiger partial charge in [0.25, 0.3) is 0 Å². The van der Waals surface area contributed by atoms with Crippen LogP contribution in [-0.2, 0) is 9.53 Å². The largest absolute Gasteiger partial charge is 0.461 e. The van der Waals surface area contributed by atoms with E-state index in [1.807, 2.05) is 0 Å². The molecule has 0 saturated heterocycles. The average Bonchev–Trinajstić information content (AvgIpc) is 2.04. The minimum absolute atomic E-state index is 0.152. The number of hydrogen-bond acceptors (Lipinski definition) is 3. The number of hydrogen-bond donors (Lipinski definition) is 1. The lowest BCUT2D eigenvalue weighted by molar-refractivity contribution is -0.199. The molecule has 0 saturated carbocycles. The molecule has 0 fully saturated rings. The molecule has 5 heteroatoms. The van der Waals surface area contributed by atoms with Crippen molar-refractivity contribution in [2.75, 3.05) is 6.61 Å². The van der Waals surface area contributed by atoms with Gasteiger partial charge in [-0.1, -0.05) is 12.2 Å². The molecule has 0 aliphatic carbocycles. The first-order valence-electron chi connectivity index (χ1n) is 4.20. The van der Waals surface area contributed by atoms with Gasteiger partial charge in [0.15, 0.2) is 5.60 Å². The number of carbonyl (C=O) groups excluding carboxylic acids is 1. The van der Waals surface area contributed by atoms with Crippen molar-refractivity contribution in [2.24, 2.45) is 0 Å². The van der Waals surface area contributed by atoms with Crippen molar-refractivity contribution in [3.63, 3.8) is 0 Å². The molecular weight excluding hydrogens is 194 g/mol. The lowest BCUT2D eigenvalue weighted by Crippen LogP contribution is -2.50. The van der Waals surface area contributed by atoms with Crippen molar-refractivity contribution in [3.05, 3.63) is 12.2 Å². The number of rotatable bonds is 4. The molecule has 0 bridgehead atoms. The summed E-state index contributed by atoms with van der Waals surface area (Å²) >= 11 is 0. The summed E-state index contributed by atoms with van der Waals surface area (Å²) in [5, 5.41) is 9.30. The van der Waals surface area contributed by atoms with E-state index in [0.717, 1.165) is 13.0 Å². The molecule has 3 nitrogen and oxygen atoms in total. The van der Waals surface area contributed by atoms with Crippen LogP contribution in [0.25, 0.3) is 0 Å². The highest BCUT2D eigenvalue weighted by Crippen LogP contribution is 2.31. The Kier molecular flexibility index (Phi) is 4.19. The van der Waals surface area contributed by atoms with Crippen LogP contribution in [-0.4, -0.2) is 29.2 Å². The summed E-state index contributed by atoms with van der Waals surface area (Å²) in [6.45, 7) is 3.58. The van der Waals surface area contributed by atoms with Crippen molar-refractivity contribution < 1.29 is 23.4 Å². The first-order valence-corrected chi connectivity index (χ1v) is 4.20. The Hall–Kier alpha value is -0.970. The van der Waals surface area contributed by atoms with E-state index in [9.17, 15) is 18.7 Å². The van der Waals surface area contributed by atoms with Gasteiger partial charge in [-0.3, -0.25) is 0 Å². The summed E-state index contributed by atoms with van der Waals surface area (Å²) in [5.74, 6) is -5.65. The fourth-order valence-corrected chi connectivity index (χ4v) is 0.858. The number of halogens is 2. The molecule has 82 valence electrons. The summed E-state index contributed by atoms with van der Waals surface area (Å²) in [6.07, 6.45) is 2.09. The van der Waals surface area contributed by atoms with Gasteiger partial charge < -0.3 is 9.84 Å². The first-order chi connectivity index (χ1) is 6.29. The number of carbonyl (C=O) groups is 1. The van der Waals surface area contributed by atoms with E-state index in [-0.39, 0.29) is 6.61 Å². The second-order valence-electron chi connectivity index (χ2n) is 2.94. The van der Waals surface area contributed by atoms with E-state index in [2.05, 4.69) is 4.74 Å². The van der Waals surface area contributed by atoms with Gasteiger partial charge in [0.1, 0.15) is 0 Å². The first kappa shape index (κ1) is 13.0. The summed E-state index contributed by atoms with van der Waals surface area (Å²) in [7, 11) is 0. The van der Waals surface area contributed by atoms with Crippen LogP contribution >= 0.6 is 0 Å². The Bertz CT molecular complexity index is 234. The average molecular weight is 208 g/mol. The van der Waals surface area contributed by atoms with Crippen LogP contribution in [0.5, 0.6) is 0 Å². The van der Waals surface area contributed by atoms with Crippen LogP contribution < -0.4 is 0 Å². The molecule has 0 spiro atoms. The predicted molar refractivity (Wildman–Crippen MR) is 47.0 cm³/mol. The topological polar surface area (TPSA) is 46.5 Å². The van der Waals surface area contributed by atoms with E-state index < -0.39 is 17.5 Å². The Morgan fingerprint density at radius 2 is 2.07 bits per heavy atom. The minimum atomic E-state index is -3.93. The van der Waals surface area contributed by atoms with E-state index in [1.165, 1.54) is 19.9 Å². The SMILES string of the molecule is CC=CC(C)(O)C(F)(F)C(=O)OCC. The molecule has 0 radical (unpaired) electrons. The number of alkyl halides is 2. The molecule has 1 N–H and O–H groups in total. The molecule has 0 amide bonds. The molecule has 14 heavy (non-hydrogen) atoms. The van der Waals surface area contributed by atoms with Crippen LogP contribution in [0.3, 0.4) is 0 Å². The molecule has 0 rings (SSSR count). The van der Waals surface area contributed by atoms with Gasteiger partial charge in [0.05, 0.1) is 6.61 Å². The van der Waals surface area contributed by atoms with E-state index in [0.29, 0.717) is 0 Å². The molecule has 1 unspecified atom stereocenters. The Balaban J connectivity index is 4.83. The zero-order chi connectivity index (χ0) is 11.4. The summed E-state index contributed by atoms with van der Waals surface area (Å²) < 4.78 is 30.5. The van der Waals surface area contributed by atoms with Crippen LogP contribution in [0.1, 0.15) is 20.8 Å². The molecule has 0 heterocycles. The van der Waals surface area contributed by atoms with Crippen LogP contribution in [0.2, 0.25) is 0 Å². The van der Waals surface area contributed by atoms with Gasteiger partial charge in [-0.05, 0) is 20.8 Å². The van der Waals surface area contributed by atoms with Gasteiger partial charge in [-0.15, -0.1) is 0 Å². The van der Waals surface area contributed by atoms with Crippen molar-refractivity contribution in [1.29, 1.82) is 0 Å². The summed E-state index contributed by atoms with van der Waals surface area (Å²) in [6, 6.07) is 0. The number of ether oxygens (including phenoxy) is 1. The van der Waals surface area contributed by atoms with Gasteiger partial charge in [0.2, 0.25) is 0 Å². The van der Waals surface area contributed by atoms with Crippen molar-refractivity contribution in [3.8, 4) is 0 Å². The molecule has 0 aromatic carbocycles. The number of aliphatic hydroxyl groups is 1. The second kappa shape index (κ2) is 4.50. The third-order valence-electron chi connectivity index (χ3n) is 1.66. The highest BCUT2D eigenvalue weighted by Gasteiger charge is 2.55. The highest BCUT2D eigenvalue weighted by molar-refractivity contribution is 5.79. The van der Waals surface area contributed by atoms with Crippen molar-refractivity contribution >= 4 is 5.97 Å². The Morgan fingerprint density at radius 1 is 1.57 bits per heavy atom. The van der Waals surface area contributed by atoms with E-state index in [1.54, 1.807) is 0 Å². The van der Waals surface area contributed by atoms with Gasteiger partial charge in [0, 0.05) is 0 Å². The van der Waals surface area contributed by atoms with E-state index >= 15 is 0 Å². The molecule has 1 atom stereocenters. The normalized spacial score (nSPS) is 16.7. The molecule has 0 aromatic rings. The third kappa shape index (κ3) is 2.51. The molecular formula is C9H14F2O3. The van der Waals surface area contributed by atoms with Crippen molar-refractivity contribution in [2.45, 2.75) is 32.3 Å². The maximum absolute atomic E-state index is 13.2. The number of allylic oxidation sites excluding steroid dienone is 1. The maximum Gasteiger partial charge on any atom is 0.380 e. The van der Waals surface area contributed by atoms with Gasteiger partial charge in [-0.2, -0.15) is 8.78 Å². The van der Waals surface area contributed by atoms with Crippen LogP contribution in [0.4, 0.5) is 8.78 Å². The zero-order valence-corrected chi connectivity index (χ0v) is 8.38. The van der Waals surface area contributed by atoms with Crippen LogP contribution in [0, 0.1) is 0 Å². The number of esters is 1. The third-order valence-corrected chi connectivity index (χ3v) is 1.66. The van der Waals surface area contributed by atoms with Gasteiger partial charge >= 0.3 is 11.9 Å². The predicted octanol–water partition coefficient (Wildman–Crippen LogP) is 1.51. The monoisotopic (exact) mass is 208 g/mol. The summed E-state index contributed by atoms with van der Waals surface area (Å²) in [5.41, 5.74) is -2.52. The quantitative estimate of drug-likeness (QED) is 0.562. The maximum atomic E-state index is 13.2. The smallest absolute Gasteiger partial charge is 0.380 e. The lowest BCUT2D eigenvalue weighted by atomic mass is 9.97. The zero-order valence-electron chi connectivity index (χ0n) is 8.38. The summed E-state index contributed by atoms with van der Waals surface area (Å²) in [4.78, 5) is 10.8. The lowest BCUT2D eigenvalue weighted by Gasteiger charge is -2.27. The standard InChI is InChI=1S/C9H14F2O3/c1-4-6-8(3,13)9(10,11)7(12)14-5-2/h4,6,13H,5H2,1-3H3. The molecule has 0 aliphatic rings. The fraction of sp³-hybridized carbons (Fsp3) is 0.667. The Morgan fingerprint density at radius 3 is 2.43 bits per heavy atom. The van der Waals surface area contributed by atoms with Crippen molar-refractivity contribution in [1.82, 2.24) is 0 Å².